The monoisotopic (exact) mass is 242 g/mol. The number of piperazine rings is 1. The average Bonchev–Trinajstić information content (AvgIpc) is 2.58. The van der Waals surface area contributed by atoms with Gasteiger partial charge in [-0.15, -0.1) is 0 Å². The van der Waals surface area contributed by atoms with E-state index in [-0.39, 0.29) is 0 Å². The molecule has 1 aromatic heterocycles. The normalized spacial score (nSPS) is 17.9. The highest BCUT2D eigenvalue weighted by Crippen LogP contribution is 2.21. The summed E-state index contributed by atoms with van der Waals surface area (Å²) in [6.07, 6.45) is 0. The number of aryl methyl sites for hydroxylation is 2. The van der Waals surface area contributed by atoms with Crippen LogP contribution in [0.1, 0.15) is 18.3 Å². The SMILES string of the molecule is CCn1nc(C)c(Cl)c1CN1CCNCC1. The van der Waals surface area contributed by atoms with E-state index in [9.17, 15) is 0 Å². The summed E-state index contributed by atoms with van der Waals surface area (Å²) in [6, 6.07) is 0. The van der Waals surface area contributed by atoms with Crippen LogP contribution in [-0.4, -0.2) is 40.9 Å². The number of nitrogens with zero attached hydrogens (tertiary/aromatic N) is 3. The smallest absolute Gasteiger partial charge is 0.0860 e. The van der Waals surface area contributed by atoms with Gasteiger partial charge in [0.05, 0.1) is 16.4 Å². The van der Waals surface area contributed by atoms with Gasteiger partial charge in [0, 0.05) is 39.3 Å². The minimum absolute atomic E-state index is 0.834. The predicted molar refractivity (Wildman–Crippen MR) is 65.8 cm³/mol. The molecule has 0 unspecified atom stereocenters. The summed E-state index contributed by atoms with van der Waals surface area (Å²) in [5.41, 5.74) is 2.09. The van der Waals surface area contributed by atoms with E-state index in [2.05, 4.69) is 22.2 Å². The Balaban J connectivity index is 2.12. The molecule has 1 fully saturated rings. The molecule has 0 aliphatic carbocycles. The van der Waals surface area contributed by atoms with Gasteiger partial charge < -0.3 is 5.32 Å². The maximum atomic E-state index is 6.29. The summed E-state index contributed by atoms with van der Waals surface area (Å²) in [5, 5.41) is 8.62. The molecule has 90 valence electrons. The van der Waals surface area contributed by atoms with Gasteiger partial charge in [-0.25, -0.2) is 0 Å². The minimum Gasteiger partial charge on any atom is -0.314 e. The average molecular weight is 243 g/mol. The molecule has 2 rings (SSSR count). The first kappa shape index (κ1) is 11.9. The van der Waals surface area contributed by atoms with Crippen LogP contribution in [0.5, 0.6) is 0 Å². The highest BCUT2D eigenvalue weighted by Gasteiger charge is 2.17. The summed E-state index contributed by atoms with van der Waals surface area (Å²) in [6.45, 7) is 10.2. The lowest BCUT2D eigenvalue weighted by atomic mass is 10.3. The lowest BCUT2D eigenvalue weighted by Gasteiger charge is -2.27. The molecule has 2 heterocycles. The van der Waals surface area contributed by atoms with Crippen LogP contribution >= 0.6 is 11.6 Å². The Kier molecular flexibility index (Phi) is 3.84. The molecule has 0 radical (unpaired) electrons. The van der Waals surface area contributed by atoms with Crippen molar-refractivity contribution in [2.24, 2.45) is 0 Å². The van der Waals surface area contributed by atoms with Crippen LogP contribution in [0.25, 0.3) is 0 Å². The number of hydrogen-bond acceptors (Lipinski definition) is 3. The van der Waals surface area contributed by atoms with Crippen molar-refractivity contribution >= 4 is 11.6 Å². The third-order valence-electron chi connectivity index (χ3n) is 3.04. The first-order valence-electron chi connectivity index (χ1n) is 5.87. The molecule has 0 spiro atoms. The molecule has 4 nitrogen and oxygen atoms in total. The summed E-state index contributed by atoms with van der Waals surface area (Å²) in [5.74, 6) is 0. The van der Waals surface area contributed by atoms with Crippen LogP contribution in [0.4, 0.5) is 0 Å². The Morgan fingerprint density at radius 3 is 2.69 bits per heavy atom. The highest BCUT2D eigenvalue weighted by atomic mass is 35.5. The number of hydrogen-bond donors (Lipinski definition) is 1. The first-order valence-corrected chi connectivity index (χ1v) is 6.25. The number of aromatic nitrogens is 2. The molecule has 16 heavy (non-hydrogen) atoms. The fourth-order valence-corrected chi connectivity index (χ4v) is 2.30. The zero-order valence-corrected chi connectivity index (χ0v) is 10.7. The van der Waals surface area contributed by atoms with Gasteiger partial charge in [-0.2, -0.15) is 5.10 Å². The van der Waals surface area contributed by atoms with Crippen molar-refractivity contribution in [2.75, 3.05) is 26.2 Å². The van der Waals surface area contributed by atoms with E-state index in [1.165, 1.54) is 0 Å². The van der Waals surface area contributed by atoms with Gasteiger partial charge in [0.15, 0.2) is 0 Å². The van der Waals surface area contributed by atoms with Crippen LogP contribution in [0.3, 0.4) is 0 Å². The lowest BCUT2D eigenvalue weighted by Crippen LogP contribution is -2.43. The van der Waals surface area contributed by atoms with Gasteiger partial charge in [-0.3, -0.25) is 9.58 Å². The van der Waals surface area contributed by atoms with E-state index in [0.717, 1.165) is 55.7 Å². The summed E-state index contributed by atoms with van der Waals surface area (Å²) >= 11 is 6.29. The van der Waals surface area contributed by atoms with Crippen molar-refractivity contribution in [3.8, 4) is 0 Å². The molecule has 1 saturated heterocycles. The molecule has 0 saturated carbocycles. The standard InChI is InChI=1S/C11H19ClN4/c1-3-16-10(11(12)9(2)14-16)8-15-6-4-13-5-7-15/h13H,3-8H2,1-2H3. The summed E-state index contributed by atoms with van der Waals surface area (Å²) in [4.78, 5) is 2.42. The Morgan fingerprint density at radius 1 is 1.38 bits per heavy atom. The van der Waals surface area contributed by atoms with Gasteiger partial charge in [0.25, 0.3) is 0 Å². The molecule has 0 atom stereocenters. The number of halogens is 1. The van der Waals surface area contributed by atoms with Crippen molar-refractivity contribution in [1.29, 1.82) is 0 Å². The molecular formula is C11H19ClN4. The van der Waals surface area contributed by atoms with Crippen molar-refractivity contribution in [3.05, 3.63) is 16.4 Å². The fourth-order valence-electron chi connectivity index (χ4n) is 2.10. The van der Waals surface area contributed by atoms with Crippen molar-refractivity contribution in [2.45, 2.75) is 26.9 Å². The Bertz CT molecular complexity index is 355. The van der Waals surface area contributed by atoms with Crippen LogP contribution in [0.2, 0.25) is 5.02 Å². The summed E-state index contributed by atoms with van der Waals surface area (Å²) in [7, 11) is 0. The largest absolute Gasteiger partial charge is 0.314 e. The summed E-state index contributed by atoms with van der Waals surface area (Å²) < 4.78 is 2.01. The van der Waals surface area contributed by atoms with E-state index < -0.39 is 0 Å². The zero-order valence-electron chi connectivity index (χ0n) is 9.96. The molecular weight excluding hydrogens is 224 g/mol. The first-order chi connectivity index (χ1) is 7.72. The third-order valence-corrected chi connectivity index (χ3v) is 3.53. The predicted octanol–water partition coefficient (Wildman–Crippen LogP) is 1.27. The second kappa shape index (κ2) is 5.17. The third kappa shape index (κ3) is 2.39. The van der Waals surface area contributed by atoms with Crippen molar-refractivity contribution in [3.63, 3.8) is 0 Å². The molecule has 1 N–H and O–H groups in total. The maximum absolute atomic E-state index is 6.29. The van der Waals surface area contributed by atoms with Gasteiger partial charge in [0.1, 0.15) is 0 Å². The highest BCUT2D eigenvalue weighted by molar-refractivity contribution is 6.31. The lowest BCUT2D eigenvalue weighted by molar-refractivity contribution is 0.227. The minimum atomic E-state index is 0.834. The van der Waals surface area contributed by atoms with E-state index in [1.807, 2.05) is 11.6 Å². The second-order valence-corrected chi connectivity index (χ2v) is 4.57. The zero-order chi connectivity index (χ0) is 11.5. The van der Waals surface area contributed by atoms with Gasteiger partial charge in [0.2, 0.25) is 0 Å². The van der Waals surface area contributed by atoms with E-state index in [0.29, 0.717) is 0 Å². The van der Waals surface area contributed by atoms with Crippen LogP contribution in [-0.2, 0) is 13.1 Å². The molecule has 5 heteroatoms. The van der Waals surface area contributed by atoms with E-state index >= 15 is 0 Å². The quantitative estimate of drug-likeness (QED) is 0.867. The van der Waals surface area contributed by atoms with Crippen LogP contribution < -0.4 is 5.32 Å². The maximum Gasteiger partial charge on any atom is 0.0860 e. The molecule has 0 bridgehead atoms. The molecule has 0 aromatic carbocycles. The second-order valence-electron chi connectivity index (χ2n) is 4.19. The molecule has 1 aliphatic rings. The fraction of sp³-hybridized carbons (Fsp3) is 0.727. The Morgan fingerprint density at radius 2 is 2.06 bits per heavy atom. The van der Waals surface area contributed by atoms with Gasteiger partial charge in [-0.05, 0) is 13.8 Å². The number of rotatable bonds is 3. The van der Waals surface area contributed by atoms with Crippen LogP contribution in [0, 0.1) is 6.92 Å². The molecule has 1 aliphatic heterocycles. The Hall–Kier alpha value is -0.580. The van der Waals surface area contributed by atoms with Gasteiger partial charge in [-0.1, -0.05) is 11.6 Å². The topological polar surface area (TPSA) is 33.1 Å². The Labute approximate surface area is 102 Å². The van der Waals surface area contributed by atoms with E-state index in [4.69, 9.17) is 11.6 Å². The number of nitrogens with one attached hydrogen (secondary N) is 1. The molecule has 0 amide bonds. The van der Waals surface area contributed by atoms with E-state index in [1.54, 1.807) is 0 Å². The molecule has 1 aromatic rings. The van der Waals surface area contributed by atoms with Gasteiger partial charge >= 0.3 is 0 Å². The van der Waals surface area contributed by atoms with Crippen molar-refractivity contribution in [1.82, 2.24) is 20.0 Å². The van der Waals surface area contributed by atoms with Crippen LogP contribution in [0.15, 0.2) is 0 Å². The van der Waals surface area contributed by atoms with Crippen molar-refractivity contribution < 1.29 is 0 Å².